The molecule has 3 amide bonds. The van der Waals surface area contributed by atoms with Crippen molar-refractivity contribution in [2.45, 2.75) is 125 Å². The highest BCUT2D eigenvalue weighted by molar-refractivity contribution is 6.31. The summed E-state index contributed by atoms with van der Waals surface area (Å²) < 4.78 is 53.3. The molecule has 22 nitrogen and oxygen atoms in total. The summed E-state index contributed by atoms with van der Waals surface area (Å²) in [5.74, 6) is -2.92. The largest absolute Gasteiger partial charge is 0.478 e. The standard InChI is InChI=1S/C28H32ClFN4O3.C22H23ClFN5O.C20H17ClFN3O2.C7H16N2O2/c1-17(2)20-16-33-24(19-13-18(29)8-9-22(19)30)14-25(20)34-23-10-12-31-15-21(23)27(36)32-11-6-7-26(35)37-28(3,4)5;1-13(2)16-12-28-20(15-9-14(23)3-4-18(15)24)10-21(16)29-19-5-7-26-11-17(19)22(30)27-8-6-25;1-11(2)14-10-24-18(13-7-12(21)3-4-16(13)22)8-19(14)25-17-5-6-23-9-15(17)20(26)27;1-7(2,3)11-6(10)9-5-4-8/h8-10,12-17H,6-7,11H2,1-5H3,(H,32,36)(H,31,33,34);3-5,7,9-13H,6,8,25H2,1-2H3,(H,27,30)(H,26,28,29);3-11H,1-2H3,(H,26,27)(H,23,24,25);4-5,8H2,1-3H3,(H,9,10). The highest BCUT2D eigenvalue weighted by atomic mass is 35.5. The number of carboxylic acids is 1. The van der Waals surface area contributed by atoms with Crippen LogP contribution in [-0.4, -0.2) is 109 Å². The van der Waals surface area contributed by atoms with Gasteiger partial charge in [0.2, 0.25) is 0 Å². The summed E-state index contributed by atoms with van der Waals surface area (Å²) in [6.07, 6.45) is 14.2. The minimum Gasteiger partial charge on any atom is -0.478 e. The van der Waals surface area contributed by atoms with E-state index in [1.807, 2.05) is 83.1 Å². The zero-order chi connectivity index (χ0) is 77.3. The zero-order valence-corrected chi connectivity index (χ0v) is 62.7. The topological polar surface area (TPSA) is 326 Å². The summed E-state index contributed by atoms with van der Waals surface area (Å²) in [6.45, 7) is 24.8. The molecule has 0 saturated heterocycles. The second-order valence-electron chi connectivity index (χ2n) is 26.5. The molecule has 11 N–H and O–H groups in total. The number of anilines is 6. The van der Waals surface area contributed by atoms with Gasteiger partial charge in [-0.2, -0.15) is 0 Å². The minimum atomic E-state index is -1.09. The van der Waals surface area contributed by atoms with Gasteiger partial charge in [0, 0.05) is 144 Å². The molecule has 0 unspecified atom stereocenters. The Morgan fingerprint density at radius 1 is 0.457 bits per heavy atom. The molecule has 105 heavy (non-hydrogen) atoms. The van der Waals surface area contributed by atoms with Crippen LogP contribution >= 0.6 is 34.8 Å². The molecule has 0 aliphatic heterocycles. The highest BCUT2D eigenvalue weighted by Gasteiger charge is 2.23. The quantitative estimate of drug-likeness (QED) is 0.0212. The summed E-state index contributed by atoms with van der Waals surface area (Å²) >= 11 is 18.1. The Morgan fingerprint density at radius 3 is 1.12 bits per heavy atom. The molecule has 9 rings (SSSR count). The van der Waals surface area contributed by atoms with Crippen LogP contribution in [0.2, 0.25) is 15.1 Å². The Bertz CT molecular complexity index is 4480. The molecule has 0 spiro atoms. The number of nitrogens with zero attached hydrogens (tertiary/aromatic N) is 6. The van der Waals surface area contributed by atoms with Crippen molar-refractivity contribution >= 4 is 98.8 Å². The molecule has 6 heterocycles. The number of aromatic nitrogens is 6. The number of hydrogen-bond donors (Lipinski definition) is 9. The second-order valence-corrected chi connectivity index (χ2v) is 27.8. The van der Waals surface area contributed by atoms with E-state index in [1.54, 1.807) is 67.4 Å². The number of benzene rings is 3. The number of carboxylic acid groups (broad SMARTS) is 1. The highest BCUT2D eigenvalue weighted by Crippen LogP contribution is 2.37. The lowest BCUT2D eigenvalue weighted by Gasteiger charge is -2.19. The van der Waals surface area contributed by atoms with E-state index < -0.39 is 40.7 Å². The van der Waals surface area contributed by atoms with Gasteiger partial charge in [-0.05, 0) is 173 Å². The van der Waals surface area contributed by atoms with Crippen LogP contribution in [0.25, 0.3) is 33.8 Å². The Kier molecular flexibility index (Phi) is 31.5. The first-order valence-electron chi connectivity index (χ1n) is 33.5. The first kappa shape index (κ1) is 83.6. The third-order valence-corrected chi connectivity index (χ3v) is 15.5. The van der Waals surface area contributed by atoms with E-state index >= 15 is 0 Å². The molecule has 3 aromatic carbocycles. The number of carbonyl (C=O) groups excluding carboxylic acids is 4. The van der Waals surface area contributed by atoms with E-state index in [4.69, 9.17) is 55.7 Å². The predicted molar refractivity (Wildman–Crippen MR) is 408 cm³/mol. The lowest BCUT2D eigenvalue weighted by atomic mass is 10.0. The van der Waals surface area contributed by atoms with Gasteiger partial charge in [0.1, 0.15) is 34.2 Å². The van der Waals surface area contributed by atoms with E-state index in [0.717, 1.165) is 16.7 Å². The van der Waals surface area contributed by atoms with Crippen LogP contribution in [0, 0.1) is 17.5 Å². The van der Waals surface area contributed by atoms with Gasteiger partial charge in [-0.3, -0.25) is 44.3 Å². The molecule has 6 aromatic heterocycles. The van der Waals surface area contributed by atoms with Crippen molar-refractivity contribution in [3.63, 3.8) is 0 Å². The Labute approximate surface area is 624 Å². The van der Waals surface area contributed by atoms with Crippen LogP contribution in [0.1, 0.15) is 161 Å². The van der Waals surface area contributed by atoms with E-state index in [-0.39, 0.29) is 58.6 Å². The van der Waals surface area contributed by atoms with Crippen molar-refractivity contribution in [2.75, 3.05) is 48.7 Å². The van der Waals surface area contributed by atoms with Gasteiger partial charge in [0.05, 0.1) is 45.3 Å². The first-order valence-corrected chi connectivity index (χ1v) is 34.7. The maximum Gasteiger partial charge on any atom is 0.407 e. The fourth-order valence-electron chi connectivity index (χ4n) is 9.80. The number of aromatic carboxylic acids is 1. The average Bonchev–Trinajstić information content (AvgIpc) is 0.811. The van der Waals surface area contributed by atoms with E-state index in [2.05, 4.69) is 61.8 Å². The van der Waals surface area contributed by atoms with Crippen LogP contribution in [-0.2, 0) is 14.3 Å². The number of hydrogen-bond acceptors (Lipinski definition) is 18. The van der Waals surface area contributed by atoms with Crippen LogP contribution in [0.3, 0.4) is 0 Å². The van der Waals surface area contributed by atoms with Gasteiger partial charge in [0.15, 0.2) is 0 Å². The molecule has 0 radical (unpaired) electrons. The molecule has 28 heteroatoms. The van der Waals surface area contributed by atoms with Gasteiger partial charge in [0.25, 0.3) is 11.8 Å². The van der Waals surface area contributed by atoms with Crippen LogP contribution < -0.4 is 43.4 Å². The molecule has 9 aromatic rings. The van der Waals surface area contributed by atoms with E-state index in [1.165, 1.54) is 79.4 Å². The normalized spacial score (nSPS) is 11.0. The smallest absolute Gasteiger partial charge is 0.407 e. The molecule has 0 bridgehead atoms. The number of carbonyl (C=O) groups is 5. The van der Waals surface area contributed by atoms with Gasteiger partial charge < -0.3 is 57.9 Å². The average molecular weight is 1500 g/mol. The molecule has 0 saturated carbocycles. The molecule has 0 fully saturated rings. The van der Waals surface area contributed by atoms with E-state index in [9.17, 15) is 42.3 Å². The van der Waals surface area contributed by atoms with Gasteiger partial charge in [-0.15, -0.1) is 0 Å². The molecule has 0 atom stereocenters. The lowest BCUT2D eigenvalue weighted by molar-refractivity contribution is -0.154. The van der Waals surface area contributed by atoms with Crippen molar-refractivity contribution in [1.82, 2.24) is 45.9 Å². The number of esters is 1. The monoisotopic (exact) mass is 1500 g/mol. The third kappa shape index (κ3) is 26.1. The van der Waals surface area contributed by atoms with Gasteiger partial charge in [-0.25, -0.2) is 22.8 Å². The first-order chi connectivity index (χ1) is 49.7. The lowest BCUT2D eigenvalue weighted by Crippen LogP contribution is -2.35. The van der Waals surface area contributed by atoms with Gasteiger partial charge in [-0.1, -0.05) is 76.3 Å². The number of alkyl carbamates (subject to hydrolysis) is 1. The number of pyridine rings is 6. The second kappa shape index (κ2) is 39.5. The van der Waals surface area contributed by atoms with Crippen molar-refractivity contribution in [3.8, 4) is 33.8 Å². The summed E-state index contributed by atoms with van der Waals surface area (Å²) in [5, 5.41) is 28.4. The summed E-state index contributed by atoms with van der Waals surface area (Å²) in [7, 11) is 0. The maximum atomic E-state index is 14.5. The number of nitrogens with two attached hydrogens (primary N) is 2. The van der Waals surface area contributed by atoms with Gasteiger partial charge >= 0.3 is 18.0 Å². The number of halogens is 6. The molecule has 556 valence electrons. The molecular weight excluding hydrogens is 1410 g/mol. The SMILES string of the molecule is CC(C)(C)OC(=O)NCCN.CC(C)c1cnc(-c2cc(Cl)ccc2F)cc1Nc1ccncc1C(=O)NCCCC(=O)OC(C)(C)C.CC(C)c1cnc(-c2cc(Cl)ccc2F)cc1Nc1ccncc1C(=O)NCCN.CC(C)c1cnc(-c2cc(Cl)ccc2F)cc1Nc1ccncc1C(=O)O. The number of amides is 3. The molecular formula is C77H88Cl3F3N14O8. The van der Waals surface area contributed by atoms with Crippen molar-refractivity contribution in [2.24, 2.45) is 11.5 Å². The number of ether oxygens (including phenoxy) is 2. The van der Waals surface area contributed by atoms with Crippen molar-refractivity contribution in [3.05, 3.63) is 213 Å². The molecule has 0 aliphatic carbocycles. The molecule has 0 aliphatic rings. The number of rotatable bonds is 23. The summed E-state index contributed by atoms with van der Waals surface area (Å²) in [4.78, 5) is 84.8. The fourth-order valence-corrected chi connectivity index (χ4v) is 10.3. The Balaban J connectivity index is 0.000000232. The minimum absolute atomic E-state index is 0.0412. The van der Waals surface area contributed by atoms with Crippen LogP contribution in [0.5, 0.6) is 0 Å². The Hall–Kier alpha value is -10.3. The Morgan fingerprint density at radius 2 is 0.790 bits per heavy atom. The number of nitrogens with one attached hydrogen (secondary N) is 6. The van der Waals surface area contributed by atoms with Crippen LogP contribution in [0.15, 0.2) is 147 Å². The summed E-state index contributed by atoms with van der Waals surface area (Å²) in [6, 6.07) is 23.1. The predicted octanol–water partition coefficient (Wildman–Crippen LogP) is 17.1. The fraction of sp³-hybridized carbons (Fsp3) is 0.312. The van der Waals surface area contributed by atoms with Crippen LogP contribution in [0.4, 0.5) is 52.1 Å². The van der Waals surface area contributed by atoms with Crippen molar-refractivity contribution in [1.29, 1.82) is 0 Å². The van der Waals surface area contributed by atoms with E-state index in [0.29, 0.717) is 122 Å². The van der Waals surface area contributed by atoms with Crippen molar-refractivity contribution < 1.29 is 51.7 Å². The zero-order valence-electron chi connectivity index (χ0n) is 60.4. The third-order valence-electron chi connectivity index (χ3n) is 14.8. The summed E-state index contributed by atoms with van der Waals surface area (Å²) in [5.41, 5.74) is 18.8. The maximum absolute atomic E-state index is 14.5.